The lowest BCUT2D eigenvalue weighted by Gasteiger charge is -2.31. The summed E-state index contributed by atoms with van der Waals surface area (Å²) in [5, 5.41) is 35.5. The summed E-state index contributed by atoms with van der Waals surface area (Å²) in [5.74, 6) is 0.246. The second-order valence-corrected chi connectivity index (χ2v) is 5.13. The van der Waals surface area contributed by atoms with Crippen molar-refractivity contribution in [3.05, 3.63) is 24.3 Å². The molecule has 0 spiro atoms. The van der Waals surface area contributed by atoms with Crippen molar-refractivity contribution < 1.29 is 34.4 Å². The Kier molecular flexibility index (Phi) is 6.94. The van der Waals surface area contributed by atoms with E-state index in [0.29, 0.717) is 0 Å². The third kappa shape index (κ3) is 7.29. The van der Waals surface area contributed by atoms with E-state index in [4.69, 9.17) is 20.3 Å². The van der Waals surface area contributed by atoms with Crippen LogP contribution >= 0.6 is 0 Å². The third-order valence-electron chi connectivity index (χ3n) is 2.65. The van der Waals surface area contributed by atoms with Gasteiger partial charge in [-0.3, -0.25) is 0 Å². The number of phenols is 1. The van der Waals surface area contributed by atoms with Crippen LogP contribution in [-0.2, 0) is 4.86 Å². The van der Waals surface area contributed by atoms with E-state index in [1.807, 2.05) is 0 Å². The second kappa shape index (κ2) is 7.44. The molecule has 0 unspecified atom stereocenters. The summed E-state index contributed by atoms with van der Waals surface area (Å²) in [4.78, 5) is 2.96. The highest BCUT2D eigenvalue weighted by Crippen LogP contribution is 2.19. The van der Waals surface area contributed by atoms with E-state index in [9.17, 15) is 4.53 Å². The van der Waals surface area contributed by atoms with Crippen LogP contribution in [0.25, 0.3) is 0 Å². The fraction of sp³-hybridized carbons (Fsp3) is 0.500. The van der Waals surface area contributed by atoms with E-state index >= 15 is 0 Å². The number of aliphatic hydroxyl groups is 2. The average Bonchev–Trinajstić information content (AvgIpc) is 2.30. The molecule has 0 amide bonds. The van der Waals surface area contributed by atoms with Gasteiger partial charge in [-0.05, 0) is 52.0 Å². The van der Waals surface area contributed by atoms with Gasteiger partial charge in [-0.1, -0.05) is 4.53 Å². The minimum Gasteiger partial charge on any atom is -0.510 e. The largest absolute Gasteiger partial charge is 0.743 e. The van der Waals surface area contributed by atoms with Crippen LogP contribution in [0.5, 0.6) is 11.5 Å². The average molecular weight is 290 g/mol. The van der Waals surface area contributed by atoms with Crippen LogP contribution < -0.4 is 4.65 Å². The quantitative estimate of drug-likeness (QED) is 0.621. The van der Waals surface area contributed by atoms with Crippen LogP contribution in [-0.4, -0.2) is 38.9 Å². The highest BCUT2D eigenvalue weighted by Gasteiger charge is 2.31. The summed E-state index contributed by atoms with van der Waals surface area (Å²) in [6.07, 6.45) is 0. The van der Waals surface area contributed by atoms with E-state index < -0.39 is 18.5 Å². The molecule has 1 aromatic carbocycles. The lowest BCUT2D eigenvalue weighted by molar-refractivity contribution is -0.107. The molecule has 0 fully saturated rings. The second-order valence-electron chi connectivity index (χ2n) is 5.13. The van der Waals surface area contributed by atoms with Gasteiger partial charge in [0.15, 0.2) is 0 Å². The van der Waals surface area contributed by atoms with Gasteiger partial charge in [0.1, 0.15) is 11.5 Å². The summed E-state index contributed by atoms with van der Waals surface area (Å²) in [5.41, 5.74) is -2.01. The maximum atomic E-state index is 11.2. The Morgan fingerprint density at radius 1 is 1.00 bits per heavy atom. The molecule has 0 atom stereocenters. The number of halogens is 1. The van der Waals surface area contributed by atoms with Gasteiger partial charge in [-0.2, -0.15) is 4.86 Å². The maximum Gasteiger partial charge on any atom is 0.743 e. The molecule has 0 aromatic heterocycles. The summed E-state index contributed by atoms with van der Waals surface area (Å²) in [6, 6.07) is 5.38. The van der Waals surface area contributed by atoms with Gasteiger partial charge < -0.3 is 25.0 Å². The summed E-state index contributed by atoms with van der Waals surface area (Å²) in [7, 11) is -1.94. The van der Waals surface area contributed by atoms with E-state index in [2.05, 4.69) is 9.51 Å². The van der Waals surface area contributed by atoms with E-state index in [0.717, 1.165) is 0 Å². The molecule has 0 bridgehead atoms. The van der Waals surface area contributed by atoms with E-state index in [1.165, 1.54) is 24.3 Å². The molecular formula is C12H20BFO6. The normalized spacial score (nSPS) is 11.4. The lowest BCUT2D eigenvalue weighted by atomic mass is 9.90. The highest BCUT2D eigenvalue weighted by atomic mass is 19.3. The molecule has 1 rings (SSSR count). The molecule has 6 nitrogen and oxygen atoms in total. The zero-order chi connectivity index (χ0) is 16.0. The molecule has 0 saturated carbocycles. The minimum absolute atomic E-state index is 0.0537. The van der Waals surface area contributed by atoms with Gasteiger partial charge in [0.2, 0.25) is 0 Å². The summed E-state index contributed by atoms with van der Waals surface area (Å²) < 4.78 is 15.7. The molecule has 0 aliphatic heterocycles. The standard InChI is InChI=1S/C6H6BFO4.C6H14O2/c8-12-7(10)11-6-3-1-5(9)2-4-6;1-5(2,7)6(3,4)8/h1-4,9-10H;7-8H,1-4H3. The van der Waals surface area contributed by atoms with Crippen molar-refractivity contribution in [1.29, 1.82) is 0 Å². The van der Waals surface area contributed by atoms with Gasteiger partial charge >= 0.3 is 7.32 Å². The molecule has 0 saturated heterocycles. The number of benzene rings is 1. The highest BCUT2D eigenvalue weighted by molar-refractivity contribution is 6.35. The Hall–Kier alpha value is -1.35. The molecule has 0 aliphatic rings. The van der Waals surface area contributed by atoms with Crippen LogP contribution in [0.3, 0.4) is 0 Å². The summed E-state index contributed by atoms with van der Waals surface area (Å²) in [6.45, 7) is 6.31. The van der Waals surface area contributed by atoms with Crippen molar-refractivity contribution in [3.63, 3.8) is 0 Å². The number of rotatable bonds is 4. The van der Waals surface area contributed by atoms with Crippen molar-refractivity contribution in [3.8, 4) is 11.5 Å². The van der Waals surface area contributed by atoms with Crippen LogP contribution in [0.1, 0.15) is 27.7 Å². The van der Waals surface area contributed by atoms with Gasteiger partial charge in [0.05, 0.1) is 11.2 Å². The number of hydrogen-bond donors (Lipinski definition) is 4. The SMILES string of the molecule is CC(C)(O)C(C)(C)O.OB(OF)Oc1ccc(O)cc1. The molecule has 20 heavy (non-hydrogen) atoms. The molecule has 1 aromatic rings. The van der Waals surface area contributed by atoms with Crippen LogP contribution in [0.15, 0.2) is 24.3 Å². The monoisotopic (exact) mass is 290 g/mol. The minimum atomic E-state index is -1.94. The molecule has 114 valence electrons. The fourth-order valence-corrected chi connectivity index (χ4v) is 0.659. The first kappa shape index (κ1) is 18.7. The van der Waals surface area contributed by atoms with Crippen molar-refractivity contribution in [2.45, 2.75) is 38.9 Å². The third-order valence-corrected chi connectivity index (χ3v) is 2.65. The van der Waals surface area contributed by atoms with E-state index in [1.54, 1.807) is 27.7 Å². The number of phenolic OH excluding ortho intramolecular Hbond substituents is 1. The van der Waals surface area contributed by atoms with Crippen molar-refractivity contribution in [2.24, 2.45) is 0 Å². The van der Waals surface area contributed by atoms with Crippen LogP contribution in [0, 0.1) is 0 Å². The van der Waals surface area contributed by atoms with Gasteiger partial charge in [0, 0.05) is 0 Å². The molecule has 4 N–H and O–H groups in total. The molecule has 0 aliphatic carbocycles. The Bertz CT molecular complexity index is 372. The molecule has 0 radical (unpaired) electrons. The molecule has 0 heterocycles. The zero-order valence-electron chi connectivity index (χ0n) is 11.9. The first-order valence-electron chi connectivity index (χ1n) is 5.83. The van der Waals surface area contributed by atoms with Gasteiger partial charge in [-0.15, -0.1) is 0 Å². The van der Waals surface area contributed by atoms with Crippen molar-refractivity contribution >= 4 is 7.32 Å². The number of aromatic hydroxyl groups is 1. The maximum absolute atomic E-state index is 11.2. The number of hydrogen-bond acceptors (Lipinski definition) is 6. The predicted octanol–water partition coefficient (Wildman–Crippen LogP) is 1.18. The Labute approximate surface area is 117 Å². The van der Waals surface area contributed by atoms with Crippen LogP contribution in [0.2, 0.25) is 0 Å². The first-order valence-corrected chi connectivity index (χ1v) is 5.83. The van der Waals surface area contributed by atoms with E-state index in [-0.39, 0.29) is 11.5 Å². The summed E-state index contributed by atoms with van der Waals surface area (Å²) >= 11 is 0. The van der Waals surface area contributed by atoms with Crippen molar-refractivity contribution in [2.75, 3.05) is 0 Å². The lowest BCUT2D eigenvalue weighted by Crippen LogP contribution is -2.44. The first-order chi connectivity index (χ1) is 8.97. The Morgan fingerprint density at radius 3 is 1.70 bits per heavy atom. The molecular weight excluding hydrogens is 270 g/mol. The van der Waals surface area contributed by atoms with Gasteiger partial charge in [0.25, 0.3) is 0 Å². The fourth-order valence-electron chi connectivity index (χ4n) is 0.659. The Morgan fingerprint density at radius 2 is 1.40 bits per heavy atom. The van der Waals surface area contributed by atoms with Crippen LogP contribution in [0.4, 0.5) is 4.53 Å². The Balaban J connectivity index is 0.000000396. The topological polar surface area (TPSA) is 99.4 Å². The van der Waals surface area contributed by atoms with Crippen molar-refractivity contribution in [1.82, 2.24) is 0 Å². The smallest absolute Gasteiger partial charge is 0.510 e. The molecule has 8 heteroatoms. The predicted molar refractivity (Wildman–Crippen MR) is 71.5 cm³/mol. The van der Waals surface area contributed by atoms with Gasteiger partial charge in [-0.25, -0.2) is 0 Å². The zero-order valence-corrected chi connectivity index (χ0v) is 11.9.